The van der Waals surface area contributed by atoms with Crippen LogP contribution in [0.1, 0.15) is 31.9 Å². The third kappa shape index (κ3) is 5.26. The Morgan fingerprint density at radius 2 is 1.66 bits per heavy atom. The van der Waals surface area contributed by atoms with Crippen molar-refractivity contribution >= 4 is 29.4 Å². The lowest BCUT2D eigenvalue weighted by Gasteiger charge is -2.40. The molecule has 4 amide bonds. The predicted octanol–water partition coefficient (Wildman–Crippen LogP) is 2.88. The van der Waals surface area contributed by atoms with E-state index in [0.717, 1.165) is 0 Å². The zero-order chi connectivity index (χ0) is 25.3. The predicted molar refractivity (Wildman–Crippen MR) is 129 cm³/mol. The van der Waals surface area contributed by atoms with E-state index in [0.29, 0.717) is 11.3 Å². The number of hydrogen-bond donors (Lipinski definition) is 2. The van der Waals surface area contributed by atoms with Gasteiger partial charge in [0.1, 0.15) is 11.4 Å². The fraction of sp³-hybridized carbons (Fsp3) is 0.360. The number of amides is 4. The Morgan fingerprint density at radius 1 is 1.03 bits per heavy atom. The topological polar surface area (TPSA) is 103 Å². The Morgan fingerprint density at radius 3 is 2.31 bits per heavy atom. The van der Waals surface area contributed by atoms with Crippen LogP contribution in [0.25, 0.3) is 0 Å². The molecule has 1 fully saturated rings. The molecule has 2 aliphatic heterocycles. The van der Waals surface area contributed by atoms with Crippen molar-refractivity contribution in [1.82, 2.24) is 15.5 Å². The number of halogens is 1. The van der Waals surface area contributed by atoms with Crippen LogP contribution in [0.2, 0.25) is 0 Å². The van der Waals surface area contributed by atoms with Crippen molar-refractivity contribution in [3.8, 4) is 0 Å². The number of anilines is 1. The van der Waals surface area contributed by atoms with E-state index in [-0.39, 0.29) is 30.4 Å². The van der Waals surface area contributed by atoms with Gasteiger partial charge >= 0.3 is 12.1 Å². The lowest BCUT2D eigenvalue weighted by atomic mass is 10.00. The fourth-order valence-electron chi connectivity index (χ4n) is 3.88. The number of hydrogen-bond acceptors (Lipinski definition) is 5. The lowest BCUT2D eigenvalue weighted by molar-refractivity contribution is -0.119. The number of likely N-dealkylation sites (N-methyl/N-ethyl adjacent to an activating group) is 1. The number of urea groups is 1. The van der Waals surface area contributed by atoms with Crippen molar-refractivity contribution in [3.63, 3.8) is 0 Å². The molecule has 0 aromatic heterocycles. The fourth-order valence-corrected chi connectivity index (χ4v) is 3.88. The molecule has 1 saturated heterocycles. The van der Waals surface area contributed by atoms with Gasteiger partial charge in [0.15, 0.2) is 0 Å². The lowest BCUT2D eigenvalue weighted by Crippen LogP contribution is -2.63. The summed E-state index contributed by atoms with van der Waals surface area (Å²) < 4.78 is 20.0. The van der Waals surface area contributed by atoms with E-state index < -0.39 is 35.6 Å². The molecule has 2 aliphatic rings. The largest absolute Gasteiger partial charge is 0.444 e. The Kier molecular flexibility index (Phi) is 6.47. The van der Waals surface area contributed by atoms with Gasteiger partial charge in [-0.25, -0.2) is 19.0 Å². The third-order valence-electron chi connectivity index (χ3n) is 5.61. The molecule has 2 aromatic carbocycles. The molecule has 0 saturated carbocycles. The summed E-state index contributed by atoms with van der Waals surface area (Å²) in [6.45, 7) is 5.92. The van der Waals surface area contributed by atoms with Gasteiger partial charge in [0.2, 0.25) is 6.17 Å². The van der Waals surface area contributed by atoms with Crippen LogP contribution in [0, 0.1) is 5.82 Å². The summed E-state index contributed by atoms with van der Waals surface area (Å²) in [4.78, 5) is 45.3. The number of ether oxygens (including phenoxy) is 1. The Hall–Kier alpha value is -3.95. The number of carbonyl (C=O) groups excluding carboxylic acids is 3. The van der Waals surface area contributed by atoms with Crippen molar-refractivity contribution in [2.24, 2.45) is 4.99 Å². The minimum Gasteiger partial charge on any atom is -0.444 e. The van der Waals surface area contributed by atoms with Crippen LogP contribution in [0.15, 0.2) is 53.5 Å². The molecule has 9 nitrogen and oxygen atoms in total. The quantitative estimate of drug-likeness (QED) is 0.704. The van der Waals surface area contributed by atoms with Crippen LogP contribution in [-0.2, 0) is 9.53 Å². The van der Waals surface area contributed by atoms with E-state index >= 15 is 0 Å². The molecule has 2 N–H and O–H groups in total. The number of benzodiazepines with no additional fused rings is 1. The molecule has 2 heterocycles. The van der Waals surface area contributed by atoms with Crippen LogP contribution in [0.4, 0.5) is 19.7 Å². The van der Waals surface area contributed by atoms with Gasteiger partial charge in [-0.2, -0.15) is 0 Å². The standard InChI is InChI=1S/C25H28FN5O4/c1-25(2,3)35-24(34)31-13-15(14-31)27-23(33)29-21-22(32)30(4)19-12-8-6-10-17(19)20(28-21)16-9-5-7-11-18(16)26/h5-12,15,21H,13-14H2,1-4H3,(H2,27,29,33). The maximum atomic E-state index is 14.7. The average Bonchev–Trinajstić information content (AvgIpc) is 2.86. The van der Waals surface area contributed by atoms with Crippen molar-refractivity contribution in [2.45, 2.75) is 38.6 Å². The molecule has 1 unspecified atom stereocenters. The third-order valence-corrected chi connectivity index (χ3v) is 5.61. The summed E-state index contributed by atoms with van der Waals surface area (Å²) in [7, 11) is 1.58. The monoisotopic (exact) mass is 481 g/mol. The van der Waals surface area contributed by atoms with Crippen LogP contribution in [0.3, 0.4) is 0 Å². The maximum absolute atomic E-state index is 14.7. The molecule has 2 aromatic rings. The zero-order valence-electron chi connectivity index (χ0n) is 20.0. The second-order valence-electron chi connectivity index (χ2n) is 9.47. The number of nitrogens with zero attached hydrogens (tertiary/aromatic N) is 3. The number of aliphatic imine (C=N–C) groups is 1. The molecule has 0 spiro atoms. The molecule has 4 rings (SSSR count). The average molecular weight is 482 g/mol. The Labute approximate surface area is 202 Å². The first-order chi connectivity index (χ1) is 16.5. The van der Waals surface area contributed by atoms with E-state index in [1.807, 2.05) is 0 Å². The number of nitrogens with one attached hydrogen (secondary N) is 2. The second kappa shape index (κ2) is 9.36. The molecule has 0 aliphatic carbocycles. The highest BCUT2D eigenvalue weighted by atomic mass is 19.1. The number of likely N-dealkylation sites (tertiary alicyclic amines) is 1. The Bertz CT molecular complexity index is 1190. The molecule has 35 heavy (non-hydrogen) atoms. The van der Waals surface area contributed by atoms with E-state index in [2.05, 4.69) is 15.6 Å². The Balaban J connectivity index is 1.50. The van der Waals surface area contributed by atoms with Gasteiger partial charge in [-0.15, -0.1) is 0 Å². The molecule has 0 bridgehead atoms. The van der Waals surface area contributed by atoms with Crippen LogP contribution in [0.5, 0.6) is 0 Å². The summed E-state index contributed by atoms with van der Waals surface area (Å²) >= 11 is 0. The van der Waals surface area contributed by atoms with Gasteiger partial charge < -0.3 is 25.2 Å². The van der Waals surface area contributed by atoms with E-state index in [1.165, 1.54) is 15.9 Å². The highest BCUT2D eigenvalue weighted by molar-refractivity contribution is 6.20. The minimum atomic E-state index is -1.27. The zero-order valence-corrected chi connectivity index (χ0v) is 20.0. The second-order valence-corrected chi connectivity index (χ2v) is 9.47. The summed E-state index contributed by atoms with van der Waals surface area (Å²) in [5.41, 5.74) is 1.01. The van der Waals surface area contributed by atoms with Gasteiger partial charge in [-0.1, -0.05) is 30.3 Å². The summed E-state index contributed by atoms with van der Waals surface area (Å²) in [5, 5.41) is 5.33. The van der Waals surface area contributed by atoms with Gasteiger partial charge in [0, 0.05) is 31.3 Å². The van der Waals surface area contributed by atoms with Crippen molar-refractivity contribution in [1.29, 1.82) is 0 Å². The van der Waals surface area contributed by atoms with Gasteiger partial charge in [-0.05, 0) is 39.0 Å². The van der Waals surface area contributed by atoms with E-state index in [4.69, 9.17) is 4.74 Å². The number of carbonyl (C=O) groups is 3. The first kappa shape index (κ1) is 24.2. The number of rotatable bonds is 3. The van der Waals surface area contributed by atoms with Crippen LogP contribution >= 0.6 is 0 Å². The molecular formula is C25H28FN5O4. The first-order valence-electron chi connectivity index (χ1n) is 11.3. The molecule has 0 radical (unpaired) electrons. The maximum Gasteiger partial charge on any atom is 0.410 e. The number of para-hydroxylation sites is 1. The first-order valence-corrected chi connectivity index (χ1v) is 11.3. The summed E-state index contributed by atoms with van der Waals surface area (Å²) in [6.07, 6.45) is -1.72. The smallest absolute Gasteiger partial charge is 0.410 e. The molecule has 10 heteroatoms. The number of benzene rings is 2. The molecular weight excluding hydrogens is 453 g/mol. The van der Waals surface area contributed by atoms with Crippen molar-refractivity contribution in [3.05, 3.63) is 65.5 Å². The normalized spacial score (nSPS) is 18.1. The molecule has 1 atom stereocenters. The van der Waals surface area contributed by atoms with E-state index in [9.17, 15) is 18.8 Å². The van der Waals surface area contributed by atoms with Crippen LogP contribution < -0.4 is 15.5 Å². The SMILES string of the molecule is CN1C(=O)C(NC(=O)NC2CN(C(=O)OC(C)(C)C)C2)N=C(c2ccccc2F)c2ccccc21. The van der Waals surface area contributed by atoms with Gasteiger partial charge in [0.05, 0.1) is 17.4 Å². The van der Waals surface area contributed by atoms with Gasteiger partial charge in [0.25, 0.3) is 5.91 Å². The summed E-state index contributed by atoms with van der Waals surface area (Å²) in [6, 6.07) is 12.3. The van der Waals surface area contributed by atoms with Gasteiger partial charge in [-0.3, -0.25) is 4.79 Å². The minimum absolute atomic E-state index is 0.224. The summed E-state index contributed by atoms with van der Waals surface area (Å²) in [5.74, 6) is -0.958. The van der Waals surface area contributed by atoms with E-state index in [1.54, 1.807) is 70.3 Å². The highest BCUT2D eigenvalue weighted by Crippen LogP contribution is 2.28. The highest BCUT2D eigenvalue weighted by Gasteiger charge is 2.36. The van der Waals surface area contributed by atoms with Crippen molar-refractivity contribution < 1.29 is 23.5 Å². The van der Waals surface area contributed by atoms with Crippen molar-refractivity contribution in [2.75, 3.05) is 25.0 Å². The molecule has 184 valence electrons. The number of fused-ring (bicyclic) bond motifs is 1. The van der Waals surface area contributed by atoms with Crippen LogP contribution in [-0.4, -0.2) is 66.6 Å².